The summed E-state index contributed by atoms with van der Waals surface area (Å²) in [5.74, 6) is -0.709. The van der Waals surface area contributed by atoms with E-state index in [1.54, 1.807) is 11.2 Å². The van der Waals surface area contributed by atoms with Crippen molar-refractivity contribution in [1.82, 2.24) is 29.4 Å². The van der Waals surface area contributed by atoms with Gasteiger partial charge < -0.3 is 34.9 Å². The lowest BCUT2D eigenvalue weighted by Gasteiger charge is -2.37. The Morgan fingerprint density at radius 3 is 2.57 bits per heavy atom. The summed E-state index contributed by atoms with van der Waals surface area (Å²) in [6, 6.07) is 7.47. The molecule has 14 heteroatoms. The van der Waals surface area contributed by atoms with Gasteiger partial charge in [-0.1, -0.05) is 19.4 Å². The average molecular weight is 672 g/mol. The van der Waals surface area contributed by atoms with Gasteiger partial charge in [0, 0.05) is 56.2 Å². The van der Waals surface area contributed by atoms with Crippen LogP contribution in [0.1, 0.15) is 61.8 Å². The molecule has 258 valence electrons. The summed E-state index contributed by atoms with van der Waals surface area (Å²) in [5, 5.41) is 23.5. The molecule has 1 saturated heterocycles. The molecule has 1 atom stereocenters. The Kier molecular flexibility index (Phi) is 9.07. The van der Waals surface area contributed by atoms with Gasteiger partial charge in [0.1, 0.15) is 17.6 Å². The highest BCUT2D eigenvalue weighted by Crippen LogP contribution is 2.42. The zero-order chi connectivity index (χ0) is 34.2. The summed E-state index contributed by atoms with van der Waals surface area (Å²) in [5.41, 5.74) is 3.96. The molecule has 49 heavy (non-hydrogen) atoms. The van der Waals surface area contributed by atoms with E-state index in [2.05, 4.69) is 56.1 Å². The predicted molar refractivity (Wildman–Crippen MR) is 185 cm³/mol. The molecule has 0 amide bonds. The number of aliphatic hydroxyl groups excluding tert-OH is 1. The summed E-state index contributed by atoms with van der Waals surface area (Å²) >= 11 is 0. The number of rotatable bonds is 12. The van der Waals surface area contributed by atoms with Crippen LogP contribution in [0.4, 0.5) is 27.7 Å². The molecular formula is C35H42FN9O4. The van der Waals surface area contributed by atoms with Crippen LogP contribution < -0.4 is 20.7 Å². The van der Waals surface area contributed by atoms with Gasteiger partial charge in [0.25, 0.3) is 0 Å². The van der Waals surface area contributed by atoms with Crippen LogP contribution in [-0.4, -0.2) is 84.4 Å². The molecule has 0 radical (unpaired) electrons. The van der Waals surface area contributed by atoms with Crippen molar-refractivity contribution in [3.05, 3.63) is 75.2 Å². The van der Waals surface area contributed by atoms with E-state index in [-0.39, 0.29) is 28.6 Å². The first-order valence-electron chi connectivity index (χ1n) is 17.1. The summed E-state index contributed by atoms with van der Waals surface area (Å²) in [4.78, 5) is 46.9. The number of nitrogens with one attached hydrogen (secondary N) is 2. The Morgan fingerprint density at radius 1 is 1.06 bits per heavy atom. The lowest BCUT2D eigenvalue weighted by atomic mass is 9.98. The topological polar surface area (TPSA) is 156 Å². The first kappa shape index (κ1) is 32.7. The molecule has 4 N–H and O–H groups in total. The van der Waals surface area contributed by atoms with E-state index in [0.717, 1.165) is 63.8 Å². The second-order valence-corrected chi connectivity index (χ2v) is 13.2. The van der Waals surface area contributed by atoms with Crippen molar-refractivity contribution in [3.8, 4) is 0 Å². The van der Waals surface area contributed by atoms with Crippen LogP contribution in [-0.2, 0) is 17.8 Å². The minimum atomic E-state index is -1.42. The summed E-state index contributed by atoms with van der Waals surface area (Å²) in [6.45, 7) is 8.62. The van der Waals surface area contributed by atoms with Crippen molar-refractivity contribution in [2.24, 2.45) is 0 Å². The van der Waals surface area contributed by atoms with E-state index < -0.39 is 17.9 Å². The molecule has 1 unspecified atom stereocenters. The Morgan fingerprint density at radius 2 is 1.84 bits per heavy atom. The van der Waals surface area contributed by atoms with Gasteiger partial charge >= 0.3 is 11.5 Å². The van der Waals surface area contributed by atoms with E-state index in [4.69, 9.17) is 0 Å². The highest BCUT2D eigenvalue weighted by Gasteiger charge is 2.39. The first-order chi connectivity index (χ1) is 23.7. The molecule has 2 fully saturated rings. The molecule has 3 aromatic heterocycles. The van der Waals surface area contributed by atoms with Crippen LogP contribution in [0.3, 0.4) is 0 Å². The molecule has 7 rings (SSSR count). The van der Waals surface area contributed by atoms with Crippen molar-refractivity contribution in [3.63, 3.8) is 0 Å². The Labute approximate surface area is 283 Å². The number of aromatic nitrogens is 5. The lowest BCUT2D eigenvalue weighted by molar-refractivity contribution is -0.133. The number of nitrogens with zero attached hydrogens (tertiary/aromatic N) is 7. The maximum absolute atomic E-state index is 15.3. The van der Waals surface area contributed by atoms with E-state index in [0.29, 0.717) is 42.6 Å². The molecule has 13 nitrogen and oxygen atoms in total. The predicted octanol–water partition coefficient (Wildman–Crippen LogP) is 4.24. The minimum absolute atomic E-state index is 0.114. The van der Waals surface area contributed by atoms with Gasteiger partial charge in [-0.15, -0.1) is 0 Å². The standard InChI is InChI=1S/C35H42FN9O4/c1-3-22-17-23(8-7-21(22)2)38-35-40-32-28(33(47)41-35)37-20-44(32)12-6-4-5-11-42-13-15-43(16-14-42)31-27(36)18-25-29(46)26(34(48)49)19-45(24-9-10-24)30(25)39-31/h7-8,17-20,24,29,46H,3-6,9-16H2,1-2H3,(H,48,49)(H2,38,40,41,47). The summed E-state index contributed by atoms with van der Waals surface area (Å²) in [6.07, 6.45) is 7.35. The number of aliphatic hydroxyl groups is 1. The maximum Gasteiger partial charge on any atom is 0.336 e. The Bertz CT molecular complexity index is 1960. The third-order valence-corrected chi connectivity index (χ3v) is 9.79. The number of benzene rings is 1. The lowest BCUT2D eigenvalue weighted by Crippen LogP contribution is -2.47. The van der Waals surface area contributed by atoms with Crippen molar-refractivity contribution in [1.29, 1.82) is 0 Å². The number of aliphatic carboxylic acids is 1. The number of carbonyl (C=O) groups is 1. The molecule has 3 aliphatic rings. The molecule has 1 aliphatic carbocycles. The number of hydrogen-bond donors (Lipinski definition) is 4. The van der Waals surface area contributed by atoms with Gasteiger partial charge in [-0.05, 0) is 74.9 Å². The van der Waals surface area contributed by atoms with E-state index in [1.807, 2.05) is 15.5 Å². The number of imidazole rings is 1. The van der Waals surface area contributed by atoms with Crippen LogP contribution in [0.25, 0.3) is 11.2 Å². The number of carboxylic acid groups (broad SMARTS) is 1. The summed E-state index contributed by atoms with van der Waals surface area (Å²) in [7, 11) is 0. The van der Waals surface area contributed by atoms with Gasteiger partial charge in [0.15, 0.2) is 17.2 Å². The van der Waals surface area contributed by atoms with E-state index in [1.165, 1.54) is 23.4 Å². The van der Waals surface area contributed by atoms with Gasteiger partial charge in [-0.3, -0.25) is 9.69 Å². The van der Waals surface area contributed by atoms with E-state index >= 15 is 4.39 Å². The number of fused-ring (bicyclic) bond motifs is 2. The number of aromatic amines is 1. The largest absolute Gasteiger partial charge is 0.478 e. The Balaban J connectivity index is 0.912. The molecule has 2 aliphatic heterocycles. The number of halogens is 1. The van der Waals surface area contributed by atoms with E-state index in [9.17, 15) is 19.8 Å². The van der Waals surface area contributed by atoms with Crippen LogP contribution in [0, 0.1) is 12.7 Å². The third kappa shape index (κ3) is 6.75. The van der Waals surface area contributed by atoms with Crippen LogP contribution in [0.15, 0.2) is 47.2 Å². The zero-order valence-corrected chi connectivity index (χ0v) is 27.8. The zero-order valence-electron chi connectivity index (χ0n) is 27.8. The second kappa shape index (κ2) is 13.6. The van der Waals surface area contributed by atoms with Gasteiger partial charge in [0.05, 0.1) is 11.9 Å². The highest BCUT2D eigenvalue weighted by atomic mass is 19.1. The number of hydrogen-bond acceptors (Lipinski definition) is 10. The SMILES string of the molecule is CCc1cc(Nc2nc(=O)c3ncn(CCCCCN4CCN(c5nc6c(cc5F)C(O)C(C(=O)O)=CN6C5CC5)CC4)c3[nH]2)ccc1C. The fourth-order valence-corrected chi connectivity index (χ4v) is 6.80. The maximum atomic E-state index is 15.3. The second-order valence-electron chi connectivity index (χ2n) is 13.2. The van der Waals surface area contributed by atoms with Crippen LogP contribution in [0.5, 0.6) is 0 Å². The quantitative estimate of drug-likeness (QED) is 0.160. The van der Waals surface area contributed by atoms with Crippen molar-refractivity contribution in [2.75, 3.05) is 47.8 Å². The molecule has 5 heterocycles. The fraction of sp³-hybridized carbons (Fsp3) is 0.457. The molecule has 1 saturated carbocycles. The Hall–Kier alpha value is -4.82. The number of H-pyrrole nitrogens is 1. The normalized spacial score (nSPS) is 18.1. The van der Waals surface area contributed by atoms with Crippen molar-refractivity contribution >= 4 is 40.4 Å². The minimum Gasteiger partial charge on any atom is -0.478 e. The third-order valence-electron chi connectivity index (χ3n) is 9.79. The fourth-order valence-electron chi connectivity index (χ4n) is 6.80. The number of anilines is 4. The van der Waals surface area contributed by atoms with Crippen molar-refractivity contribution in [2.45, 2.75) is 71.1 Å². The molecule has 1 aromatic carbocycles. The first-order valence-corrected chi connectivity index (χ1v) is 17.1. The number of pyridine rings is 1. The molecule has 0 bridgehead atoms. The monoisotopic (exact) mass is 671 g/mol. The van der Waals surface area contributed by atoms with Crippen LogP contribution in [0.2, 0.25) is 0 Å². The molecule has 4 aromatic rings. The van der Waals surface area contributed by atoms with Crippen molar-refractivity contribution < 1.29 is 19.4 Å². The number of piperazine rings is 1. The van der Waals surface area contributed by atoms with Gasteiger partial charge in [-0.25, -0.2) is 19.2 Å². The number of aryl methyl sites for hydroxylation is 3. The number of unbranched alkanes of at least 4 members (excludes halogenated alkanes) is 2. The highest BCUT2D eigenvalue weighted by molar-refractivity contribution is 5.90. The number of carboxylic acids is 1. The summed E-state index contributed by atoms with van der Waals surface area (Å²) < 4.78 is 17.3. The molecular weight excluding hydrogens is 629 g/mol. The molecule has 0 spiro atoms. The van der Waals surface area contributed by atoms with Gasteiger partial charge in [0.2, 0.25) is 5.95 Å². The average Bonchev–Trinajstić information content (AvgIpc) is 3.85. The van der Waals surface area contributed by atoms with Crippen LogP contribution >= 0.6 is 0 Å². The smallest absolute Gasteiger partial charge is 0.336 e. The van der Waals surface area contributed by atoms with Gasteiger partial charge in [-0.2, -0.15) is 4.98 Å².